The number of para-hydroxylation sites is 1. The van der Waals surface area contributed by atoms with Gasteiger partial charge in [-0.05, 0) is 24.3 Å². The van der Waals surface area contributed by atoms with Crippen LogP contribution < -0.4 is 10.5 Å². The van der Waals surface area contributed by atoms with Crippen molar-refractivity contribution in [2.75, 3.05) is 37.7 Å². The molecule has 1 saturated heterocycles. The second kappa shape index (κ2) is 8.08. The minimum atomic E-state index is -0.159. The molecule has 0 saturated carbocycles. The van der Waals surface area contributed by atoms with E-state index in [9.17, 15) is 9.59 Å². The van der Waals surface area contributed by atoms with Crippen LogP contribution in [0.3, 0.4) is 0 Å². The Hall–Kier alpha value is -3.72. The van der Waals surface area contributed by atoms with Gasteiger partial charge in [0.25, 0.3) is 11.5 Å². The highest BCUT2D eigenvalue weighted by Crippen LogP contribution is 2.23. The standard InChI is InChI=1S/C23H24N6O3/c1-26-20-5-3-2-4-18(20)21(25-26)23(32)28-10-8-27(9-11-28)16-6-7-17-19(14-16)24-15-29(12-13-30)22(17)31/h2-7,14-15,30H,8-13H2,1H3. The molecular formula is C23H24N6O3. The van der Waals surface area contributed by atoms with Gasteiger partial charge in [-0.3, -0.25) is 18.8 Å². The summed E-state index contributed by atoms with van der Waals surface area (Å²) in [6.45, 7) is 2.67. The van der Waals surface area contributed by atoms with Gasteiger partial charge in [-0.1, -0.05) is 18.2 Å². The predicted octanol–water partition coefficient (Wildman–Crippen LogP) is 1.24. The zero-order valence-corrected chi connectivity index (χ0v) is 17.8. The fraction of sp³-hybridized carbons (Fsp3) is 0.304. The van der Waals surface area contributed by atoms with E-state index in [2.05, 4.69) is 15.0 Å². The number of rotatable bonds is 4. The smallest absolute Gasteiger partial charge is 0.275 e. The Kier molecular flexibility index (Phi) is 5.10. The van der Waals surface area contributed by atoms with Crippen LogP contribution in [0.25, 0.3) is 21.8 Å². The first kappa shape index (κ1) is 20.2. The molecule has 164 valence electrons. The summed E-state index contributed by atoms with van der Waals surface area (Å²) in [6.07, 6.45) is 1.47. The zero-order chi connectivity index (χ0) is 22.2. The van der Waals surface area contributed by atoms with Gasteiger partial charge in [-0.2, -0.15) is 5.10 Å². The Labute approximate surface area is 184 Å². The second-order valence-corrected chi connectivity index (χ2v) is 7.94. The number of aryl methyl sites for hydroxylation is 1. The highest BCUT2D eigenvalue weighted by Gasteiger charge is 2.26. The van der Waals surface area contributed by atoms with Crippen LogP contribution in [0.4, 0.5) is 5.69 Å². The molecule has 0 unspecified atom stereocenters. The molecular weight excluding hydrogens is 408 g/mol. The van der Waals surface area contributed by atoms with Crippen molar-refractivity contribution in [2.24, 2.45) is 7.05 Å². The molecule has 0 spiro atoms. The number of anilines is 1. The molecule has 0 bridgehead atoms. The highest BCUT2D eigenvalue weighted by molar-refractivity contribution is 6.04. The Balaban J connectivity index is 1.33. The van der Waals surface area contributed by atoms with E-state index in [0.29, 0.717) is 42.8 Å². The van der Waals surface area contributed by atoms with E-state index in [4.69, 9.17) is 5.11 Å². The topological polar surface area (TPSA) is 96.5 Å². The van der Waals surface area contributed by atoms with E-state index in [1.54, 1.807) is 10.7 Å². The molecule has 3 heterocycles. The van der Waals surface area contributed by atoms with Crippen LogP contribution in [0.2, 0.25) is 0 Å². The number of amides is 1. The van der Waals surface area contributed by atoms with Gasteiger partial charge in [-0.25, -0.2) is 4.98 Å². The summed E-state index contributed by atoms with van der Waals surface area (Å²) in [6, 6.07) is 13.4. The van der Waals surface area contributed by atoms with E-state index in [-0.39, 0.29) is 24.6 Å². The van der Waals surface area contributed by atoms with Crippen LogP contribution in [0, 0.1) is 0 Å². The van der Waals surface area contributed by atoms with Gasteiger partial charge >= 0.3 is 0 Å². The molecule has 0 radical (unpaired) electrons. The van der Waals surface area contributed by atoms with Gasteiger partial charge in [0.15, 0.2) is 5.69 Å². The Morgan fingerprint density at radius 1 is 1.06 bits per heavy atom. The monoisotopic (exact) mass is 432 g/mol. The number of hydrogen-bond donors (Lipinski definition) is 1. The molecule has 1 aliphatic rings. The van der Waals surface area contributed by atoms with Gasteiger partial charge in [0.05, 0.1) is 35.9 Å². The van der Waals surface area contributed by atoms with Crippen molar-refractivity contribution in [3.05, 3.63) is 64.8 Å². The normalized spacial score (nSPS) is 14.4. The van der Waals surface area contributed by atoms with Crippen molar-refractivity contribution < 1.29 is 9.90 Å². The number of aliphatic hydroxyl groups is 1. The third-order valence-corrected chi connectivity index (χ3v) is 6.04. The number of nitrogens with zero attached hydrogens (tertiary/aromatic N) is 6. The minimum absolute atomic E-state index is 0.0499. The molecule has 0 aliphatic carbocycles. The Morgan fingerprint density at radius 3 is 2.62 bits per heavy atom. The van der Waals surface area contributed by atoms with Crippen molar-refractivity contribution in [2.45, 2.75) is 6.54 Å². The summed E-state index contributed by atoms with van der Waals surface area (Å²) in [5, 5.41) is 14.9. The van der Waals surface area contributed by atoms with Crippen molar-refractivity contribution >= 4 is 33.4 Å². The van der Waals surface area contributed by atoms with Gasteiger partial charge in [-0.15, -0.1) is 0 Å². The van der Waals surface area contributed by atoms with Crippen LogP contribution in [-0.4, -0.2) is 68.0 Å². The van der Waals surface area contributed by atoms with Crippen molar-refractivity contribution in [1.29, 1.82) is 0 Å². The van der Waals surface area contributed by atoms with Gasteiger partial charge in [0.2, 0.25) is 0 Å². The predicted molar refractivity (Wildman–Crippen MR) is 122 cm³/mol. The Bertz CT molecular complexity index is 1370. The minimum Gasteiger partial charge on any atom is -0.395 e. The van der Waals surface area contributed by atoms with Crippen LogP contribution in [0.5, 0.6) is 0 Å². The number of benzene rings is 2. The molecule has 1 amide bonds. The molecule has 4 aromatic rings. The van der Waals surface area contributed by atoms with Crippen LogP contribution in [0.15, 0.2) is 53.6 Å². The highest BCUT2D eigenvalue weighted by atomic mass is 16.3. The molecule has 32 heavy (non-hydrogen) atoms. The first-order valence-corrected chi connectivity index (χ1v) is 10.6. The fourth-order valence-corrected chi connectivity index (χ4v) is 4.30. The zero-order valence-electron chi connectivity index (χ0n) is 17.8. The SMILES string of the molecule is Cn1nc(C(=O)N2CCN(c3ccc4c(=O)n(CCO)cnc4c3)CC2)c2ccccc21. The number of fused-ring (bicyclic) bond motifs is 2. The molecule has 1 fully saturated rings. The van der Waals surface area contributed by atoms with Gasteiger partial charge in [0, 0.05) is 44.3 Å². The molecule has 1 N–H and O–H groups in total. The fourth-order valence-electron chi connectivity index (χ4n) is 4.30. The molecule has 1 aliphatic heterocycles. The van der Waals surface area contributed by atoms with Crippen molar-refractivity contribution in [3.8, 4) is 0 Å². The van der Waals surface area contributed by atoms with Crippen LogP contribution >= 0.6 is 0 Å². The summed E-state index contributed by atoms with van der Waals surface area (Å²) >= 11 is 0. The van der Waals surface area contributed by atoms with Gasteiger partial charge < -0.3 is 14.9 Å². The van der Waals surface area contributed by atoms with Crippen molar-refractivity contribution in [1.82, 2.24) is 24.2 Å². The second-order valence-electron chi connectivity index (χ2n) is 7.94. The van der Waals surface area contributed by atoms with E-state index >= 15 is 0 Å². The average molecular weight is 432 g/mol. The first-order valence-electron chi connectivity index (χ1n) is 10.6. The largest absolute Gasteiger partial charge is 0.395 e. The maximum absolute atomic E-state index is 13.1. The molecule has 2 aromatic heterocycles. The third-order valence-electron chi connectivity index (χ3n) is 6.04. The number of carbonyl (C=O) groups is 1. The van der Waals surface area contributed by atoms with Crippen LogP contribution in [0.1, 0.15) is 10.5 Å². The summed E-state index contributed by atoms with van der Waals surface area (Å²) in [4.78, 5) is 34.1. The van der Waals surface area contributed by atoms with E-state index in [1.165, 1.54) is 10.9 Å². The number of aromatic nitrogens is 4. The van der Waals surface area contributed by atoms with Crippen LogP contribution in [-0.2, 0) is 13.6 Å². The lowest BCUT2D eigenvalue weighted by Gasteiger charge is -2.36. The number of piperazine rings is 1. The average Bonchev–Trinajstić information content (AvgIpc) is 3.17. The van der Waals surface area contributed by atoms with E-state index in [1.807, 2.05) is 48.3 Å². The summed E-state index contributed by atoms with van der Waals surface area (Å²) in [5.74, 6) is -0.0499. The quantitative estimate of drug-likeness (QED) is 0.521. The number of carbonyl (C=O) groups excluding carboxylic acids is 1. The van der Waals surface area contributed by atoms with Crippen molar-refractivity contribution in [3.63, 3.8) is 0 Å². The molecule has 9 heteroatoms. The maximum Gasteiger partial charge on any atom is 0.275 e. The number of hydrogen-bond acceptors (Lipinski definition) is 6. The Morgan fingerprint density at radius 2 is 1.84 bits per heavy atom. The lowest BCUT2D eigenvalue weighted by Crippen LogP contribution is -2.49. The lowest BCUT2D eigenvalue weighted by atomic mass is 10.1. The molecule has 9 nitrogen and oxygen atoms in total. The summed E-state index contributed by atoms with van der Waals surface area (Å²) < 4.78 is 3.16. The molecule has 2 aromatic carbocycles. The first-order chi connectivity index (χ1) is 15.6. The third kappa shape index (κ3) is 3.40. The lowest BCUT2D eigenvalue weighted by molar-refractivity contribution is 0.0742. The summed E-state index contributed by atoms with van der Waals surface area (Å²) in [7, 11) is 1.85. The van der Waals surface area contributed by atoms with E-state index < -0.39 is 0 Å². The molecule has 5 rings (SSSR count). The van der Waals surface area contributed by atoms with E-state index in [0.717, 1.165) is 16.6 Å². The molecule has 0 atom stereocenters. The summed E-state index contributed by atoms with van der Waals surface area (Å²) in [5.41, 5.74) is 2.87. The number of aliphatic hydroxyl groups excluding tert-OH is 1. The van der Waals surface area contributed by atoms with Gasteiger partial charge in [0.1, 0.15) is 0 Å². The maximum atomic E-state index is 13.1.